The lowest BCUT2D eigenvalue weighted by molar-refractivity contribution is -0.843. The molecule has 2 aromatic rings. The third-order valence-corrected chi connectivity index (χ3v) is 2.35. The Balaban J connectivity index is 0.000000232. The zero-order valence-corrected chi connectivity index (χ0v) is 10.8. The van der Waals surface area contributed by atoms with Gasteiger partial charge in [-0.15, -0.1) is 0 Å². The Hall–Kier alpha value is -1.70. The molecule has 0 aliphatic rings. The summed E-state index contributed by atoms with van der Waals surface area (Å²) in [5, 5.41) is 0. The molecule has 0 radical (unpaired) electrons. The van der Waals surface area contributed by atoms with E-state index in [2.05, 4.69) is 4.18 Å². The maximum atomic E-state index is 9.22. The molecule has 0 saturated carbocycles. The molecule has 98 valence electrons. The van der Waals surface area contributed by atoms with E-state index in [1.54, 1.807) is 4.74 Å². The quantitative estimate of drug-likeness (QED) is 0.459. The minimum atomic E-state index is -4.41. The molecule has 0 atom stereocenters. The predicted molar refractivity (Wildman–Crippen MR) is 62.0 cm³/mol. The Morgan fingerprint density at radius 2 is 1.78 bits per heavy atom. The number of hydrogen-bond acceptors (Lipinski definition) is 5. The molecule has 0 N–H and O–H groups in total. The summed E-state index contributed by atoms with van der Waals surface area (Å²) >= 11 is 0. The number of nitrogens with zero attached hydrogens (tertiary/aromatic N) is 1. The summed E-state index contributed by atoms with van der Waals surface area (Å²) in [5.41, 5.74) is 1.11. The average molecular weight is 271 g/mol. The Morgan fingerprint density at radius 3 is 2.17 bits per heavy atom. The average Bonchev–Trinajstić information content (AvgIpc) is 2.77. The topological polar surface area (TPSA) is 83.5 Å². The van der Waals surface area contributed by atoms with Crippen LogP contribution in [0.3, 0.4) is 0 Å². The second-order valence-corrected chi connectivity index (χ2v) is 4.41. The maximum Gasteiger partial charge on any atom is 0.219 e. The fourth-order valence-corrected chi connectivity index (χ4v) is 1.14. The zero-order valence-electron chi connectivity index (χ0n) is 9.94. The molecule has 0 amide bonds. The van der Waals surface area contributed by atoms with Gasteiger partial charge in [-0.1, -0.05) is 30.3 Å². The lowest BCUT2D eigenvalue weighted by atomic mass is 10.2. The van der Waals surface area contributed by atoms with Crippen molar-refractivity contribution in [1.29, 1.82) is 0 Å². The maximum absolute atomic E-state index is 9.22. The van der Waals surface area contributed by atoms with Crippen molar-refractivity contribution in [2.75, 3.05) is 7.11 Å². The fraction of sp³-hybridized carbons (Fsp3) is 0.182. The second kappa shape index (κ2) is 6.29. The number of aromatic nitrogens is 1. The van der Waals surface area contributed by atoms with Gasteiger partial charge in [-0.05, 0) is 4.74 Å². The summed E-state index contributed by atoms with van der Waals surface area (Å²) < 4.78 is 38.1. The normalized spacial score (nSPS) is 10.6. The van der Waals surface area contributed by atoms with Gasteiger partial charge < -0.3 is 4.55 Å². The molecule has 2 rings (SSSR count). The minimum Gasteiger partial charge on any atom is -0.726 e. The number of rotatable bonds is 2. The van der Waals surface area contributed by atoms with Crippen LogP contribution in [0.15, 0.2) is 47.1 Å². The lowest BCUT2D eigenvalue weighted by Gasteiger charge is -1.98. The van der Waals surface area contributed by atoms with Crippen LogP contribution < -0.4 is 4.74 Å². The summed E-state index contributed by atoms with van der Waals surface area (Å²) in [6.45, 7) is 0. The van der Waals surface area contributed by atoms with Gasteiger partial charge in [0.05, 0.1) is 13.2 Å². The first-order valence-electron chi connectivity index (χ1n) is 4.95. The largest absolute Gasteiger partial charge is 0.726 e. The Labute approximate surface area is 105 Å². The summed E-state index contributed by atoms with van der Waals surface area (Å²) in [6, 6.07) is 12.0. The van der Waals surface area contributed by atoms with Crippen LogP contribution in [0.5, 0.6) is 0 Å². The van der Waals surface area contributed by atoms with Crippen LogP contribution >= 0.6 is 0 Å². The van der Waals surface area contributed by atoms with E-state index in [9.17, 15) is 13.0 Å². The van der Waals surface area contributed by atoms with E-state index in [1.165, 1.54) is 0 Å². The van der Waals surface area contributed by atoms with Crippen LogP contribution in [0.25, 0.3) is 11.3 Å². The van der Waals surface area contributed by atoms with Gasteiger partial charge in [0.2, 0.25) is 22.4 Å². The minimum absolute atomic E-state index is 0.808. The summed E-state index contributed by atoms with van der Waals surface area (Å²) in [7, 11) is -1.74. The van der Waals surface area contributed by atoms with Crippen molar-refractivity contribution in [2.45, 2.75) is 0 Å². The van der Waals surface area contributed by atoms with Gasteiger partial charge >= 0.3 is 0 Å². The van der Waals surface area contributed by atoms with Crippen molar-refractivity contribution in [3.8, 4) is 11.3 Å². The van der Waals surface area contributed by atoms with Gasteiger partial charge in [-0.3, -0.25) is 4.18 Å². The van der Waals surface area contributed by atoms with Gasteiger partial charge in [-0.25, -0.2) is 12.9 Å². The van der Waals surface area contributed by atoms with E-state index in [4.69, 9.17) is 4.52 Å². The highest BCUT2D eigenvalue weighted by molar-refractivity contribution is 7.80. The van der Waals surface area contributed by atoms with Crippen LogP contribution in [-0.2, 0) is 21.6 Å². The molecule has 0 saturated heterocycles. The molecule has 1 aromatic heterocycles. The first-order valence-corrected chi connectivity index (χ1v) is 6.28. The molecule has 0 fully saturated rings. The predicted octanol–water partition coefficient (Wildman–Crippen LogP) is 0.864. The number of benzene rings is 1. The highest BCUT2D eigenvalue weighted by atomic mass is 32.3. The third kappa shape index (κ3) is 5.09. The van der Waals surface area contributed by atoms with E-state index in [-0.39, 0.29) is 0 Å². The van der Waals surface area contributed by atoms with Crippen LogP contribution in [0.4, 0.5) is 0 Å². The highest BCUT2D eigenvalue weighted by Gasteiger charge is 2.05. The van der Waals surface area contributed by atoms with Gasteiger partial charge in [0.25, 0.3) is 0 Å². The van der Waals surface area contributed by atoms with Gasteiger partial charge in [-0.2, -0.15) is 0 Å². The number of aryl methyl sites for hydroxylation is 1. The first kappa shape index (κ1) is 14.4. The van der Waals surface area contributed by atoms with Crippen molar-refractivity contribution in [3.63, 3.8) is 0 Å². The van der Waals surface area contributed by atoms with Gasteiger partial charge in [0, 0.05) is 5.56 Å². The fourth-order valence-electron chi connectivity index (χ4n) is 1.14. The Morgan fingerprint density at radius 1 is 1.22 bits per heavy atom. The molecular formula is C11H13NO5S. The van der Waals surface area contributed by atoms with Crippen molar-refractivity contribution >= 4 is 10.4 Å². The molecule has 1 aromatic carbocycles. The van der Waals surface area contributed by atoms with E-state index in [0.29, 0.717) is 0 Å². The molecule has 0 unspecified atom stereocenters. The van der Waals surface area contributed by atoms with Crippen molar-refractivity contribution < 1.29 is 26.4 Å². The SMILES string of the molecule is COS(=O)(=O)[O-].C[n+]1ccc(-c2ccccc2)o1. The molecule has 18 heavy (non-hydrogen) atoms. The Kier molecular flexibility index (Phi) is 5.02. The van der Waals surface area contributed by atoms with Gasteiger partial charge in [0.15, 0.2) is 7.05 Å². The Bertz CT molecular complexity index is 576. The third-order valence-electron chi connectivity index (χ3n) is 1.94. The van der Waals surface area contributed by atoms with Crippen molar-refractivity contribution in [2.24, 2.45) is 7.05 Å². The monoisotopic (exact) mass is 271 g/mol. The second-order valence-electron chi connectivity index (χ2n) is 3.26. The standard InChI is InChI=1S/C10H10NO.CH4O4S/c1-11-8-7-10(12-11)9-5-3-2-4-6-9;1-5-6(2,3)4/h2-8H,1H3;1H3,(H,2,3,4)/q+1;/p-1. The zero-order chi connectivity index (χ0) is 13.6. The molecular weight excluding hydrogens is 258 g/mol. The molecule has 0 aliphatic heterocycles. The van der Waals surface area contributed by atoms with E-state index < -0.39 is 10.4 Å². The van der Waals surface area contributed by atoms with Crippen LogP contribution in [0.1, 0.15) is 0 Å². The van der Waals surface area contributed by atoms with E-state index in [1.807, 2.05) is 49.6 Å². The van der Waals surface area contributed by atoms with E-state index in [0.717, 1.165) is 18.4 Å². The van der Waals surface area contributed by atoms with Crippen molar-refractivity contribution in [3.05, 3.63) is 42.6 Å². The van der Waals surface area contributed by atoms with Crippen molar-refractivity contribution in [1.82, 2.24) is 0 Å². The summed E-state index contributed by atoms with van der Waals surface area (Å²) in [4.78, 5) is 0. The molecule has 0 bridgehead atoms. The first-order chi connectivity index (χ1) is 8.42. The summed E-state index contributed by atoms with van der Waals surface area (Å²) in [6.07, 6.45) is 1.89. The molecule has 1 heterocycles. The molecule has 6 nitrogen and oxygen atoms in total. The van der Waals surface area contributed by atoms with Gasteiger partial charge in [0.1, 0.15) is 0 Å². The summed E-state index contributed by atoms with van der Waals surface area (Å²) in [5.74, 6) is 0.901. The highest BCUT2D eigenvalue weighted by Crippen LogP contribution is 2.15. The van der Waals surface area contributed by atoms with Crippen LogP contribution in [-0.4, -0.2) is 20.1 Å². The number of hydrogen-bond donors (Lipinski definition) is 0. The molecule has 7 heteroatoms. The van der Waals surface area contributed by atoms with E-state index >= 15 is 0 Å². The lowest BCUT2D eigenvalue weighted by Crippen LogP contribution is -2.22. The van der Waals surface area contributed by atoms with Crippen LogP contribution in [0.2, 0.25) is 0 Å². The molecule has 0 spiro atoms. The molecule has 0 aliphatic carbocycles. The van der Waals surface area contributed by atoms with Crippen LogP contribution in [0, 0.1) is 0 Å². The smallest absolute Gasteiger partial charge is 0.219 e.